The minimum Gasteiger partial charge on any atom is -0.455 e. The van der Waals surface area contributed by atoms with Gasteiger partial charge in [0.05, 0.1) is 11.6 Å². The Bertz CT molecular complexity index is 874. The van der Waals surface area contributed by atoms with Crippen LogP contribution < -0.4 is 5.32 Å². The topological polar surface area (TPSA) is 62.6 Å². The molecule has 26 heavy (non-hydrogen) atoms. The number of aryl methyl sites for hydroxylation is 1. The van der Waals surface area contributed by atoms with Crippen LogP contribution in [0.5, 0.6) is 0 Å². The number of furan rings is 1. The van der Waals surface area contributed by atoms with Gasteiger partial charge < -0.3 is 14.6 Å². The molecule has 1 aliphatic carbocycles. The minimum absolute atomic E-state index is 0.0496. The van der Waals surface area contributed by atoms with E-state index in [1.807, 2.05) is 6.07 Å². The molecule has 1 aromatic carbocycles. The predicted octanol–water partition coefficient (Wildman–Crippen LogP) is 3.03. The number of rotatable bonds is 2. The molecule has 1 N–H and O–H groups in total. The number of fused-ring (bicyclic) bond motifs is 1. The molecule has 2 aromatic rings. The van der Waals surface area contributed by atoms with Crippen LogP contribution in [0, 0.1) is 12.7 Å². The van der Waals surface area contributed by atoms with E-state index in [0.29, 0.717) is 49.4 Å². The first-order valence-electron chi connectivity index (χ1n) is 8.99. The molecule has 136 valence electrons. The van der Waals surface area contributed by atoms with Crippen molar-refractivity contribution < 1.29 is 18.4 Å². The summed E-state index contributed by atoms with van der Waals surface area (Å²) in [6.45, 7) is 3.49. The summed E-state index contributed by atoms with van der Waals surface area (Å²) in [4.78, 5) is 27.1. The molecule has 0 radical (unpaired) electrons. The van der Waals surface area contributed by atoms with Crippen LogP contribution in [0.1, 0.15) is 56.7 Å². The second kappa shape index (κ2) is 6.68. The summed E-state index contributed by atoms with van der Waals surface area (Å²) in [5, 5.41) is 3.26. The van der Waals surface area contributed by atoms with E-state index in [2.05, 4.69) is 5.32 Å². The second-order valence-corrected chi connectivity index (χ2v) is 6.90. The number of nitrogens with one attached hydrogen (secondary N) is 1. The SMILES string of the molecule is Cc1c(C(=O)N2CCNCC2c2cccc(F)c2)oc2c1C(=O)CCC2. The van der Waals surface area contributed by atoms with Crippen molar-refractivity contribution >= 4 is 11.7 Å². The van der Waals surface area contributed by atoms with Crippen LogP contribution in [0.25, 0.3) is 0 Å². The molecule has 2 aliphatic rings. The fourth-order valence-corrected chi connectivity index (χ4v) is 3.94. The number of nitrogens with zero attached hydrogens (tertiary/aromatic N) is 1. The smallest absolute Gasteiger partial charge is 0.290 e. The van der Waals surface area contributed by atoms with Gasteiger partial charge in [-0.2, -0.15) is 0 Å². The predicted molar refractivity (Wildman–Crippen MR) is 93.8 cm³/mol. The Morgan fingerprint density at radius 1 is 1.35 bits per heavy atom. The highest BCUT2D eigenvalue weighted by Gasteiger charge is 2.34. The lowest BCUT2D eigenvalue weighted by Gasteiger charge is -2.36. The monoisotopic (exact) mass is 356 g/mol. The Morgan fingerprint density at radius 2 is 2.19 bits per heavy atom. The Kier molecular flexibility index (Phi) is 4.36. The van der Waals surface area contributed by atoms with Crippen LogP contribution in [-0.2, 0) is 6.42 Å². The van der Waals surface area contributed by atoms with Crippen LogP contribution in [0.2, 0.25) is 0 Å². The fourth-order valence-electron chi connectivity index (χ4n) is 3.94. The molecule has 0 saturated carbocycles. The number of piperazine rings is 1. The van der Waals surface area contributed by atoms with Gasteiger partial charge in [0.2, 0.25) is 0 Å². The van der Waals surface area contributed by atoms with E-state index in [1.165, 1.54) is 12.1 Å². The zero-order valence-corrected chi connectivity index (χ0v) is 14.7. The molecule has 1 aromatic heterocycles. The third-order valence-corrected chi connectivity index (χ3v) is 5.24. The fraction of sp³-hybridized carbons (Fsp3) is 0.400. The summed E-state index contributed by atoms with van der Waals surface area (Å²) in [5.41, 5.74) is 1.96. The van der Waals surface area contributed by atoms with Crippen molar-refractivity contribution in [3.05, 3.63) is 58.3 Å². The Morgan fingerprint density at radius 3 is 2.96 bits per heavy atom. The summed E-state index contributed by atoms with van der Waals surface area (Å²) in [5.74, 6) is 0.359. The van der Waals surface area contributed by atoms with Crippen LogP contribution in [0.3, 0.4) is 0 Å². The van der Waals surface area contributed by atoms with Crippen LogP contribution in [0.4, 0.5) is 4.39 Å². The molecule has 0 bridgehead atoms. The van der Waals surface area contributed by atoms with Crippen LogP contribution in [-0.4, -0.2) is 36.2 Å². The lowest BCUT2D eigenvalue weighted by Crippen LogP contribution is -2.48. The van der Waals surface area contributed by atoms with E-state index < -0.39 is 0 Å². The molecule has 1 aliphatic heterocycles. The first-order valence-corrected chi connectivity index (χ1v) is 8.99. The first-order chi connectivity index (χ1) is 12.6. The summed E-state index contributed by atoms with van der Waals surface area (Å²) in [6, 6.07) is 6.05. The van der Waals surface area contributed by atoms with Gasteiger partial charge in [-0.05, 0) is 31.0 Å². The van der Waals surface area contributed by atoms with Crippen molar-refractivity contribution in [1.82, 2.24) is 10.2 Å². The molecule has 1 saturated heterocycles. The number of halogens is 1. The number of carbonyl (C=O) groups excluding carboxylic acids is 2. The van der Waals surface area contributed by atoms with Gasteiger partial charge in [0.1, 0.15) is 11.6 Å². The van der Waals surface area contributed by atoms with Crippen molar-refractivity contribution in [2.75, 3.05) is 19.6 Å². The minimum atomic E-state index is -0.323. The molecule has 1 atom stereocenters. The Hall–Kier alpha value is -2.47. The van der Waals surface area contributed by atoms with Gasteiger partial charge in [-0.1, -0.05) is 12.1 Å². The maximum Gasteiger partial charge on any atom is 0.290 e. The average Bonchev–Trinajstić information content (AvgIpc) is 2.99. The highest BCUT2D eigenvalue weighted by molar-refractivity contribution is 6.03. The van der Waals surface area contributed by atoms with Gasteiger partial charge in [-0.25, -0.2) is 4.39 Å². The van der Waals surface area contributed by atoms with E-state index in [1.54, 1.807) is 17.9 Å². The highest BCUT2D eigenvalue weighted by atomic mass is 19.1. The normalized spacial score (nSPS) is 20.2. The third-order valence-electron chi connectivity index (χ3n) is 5.24. The molecular formula is C20H21FN2O3. The first kappa shape index (κ1) is 17.0. The molecule has 5 nitrogen and oxygen atoms in total. The molecule has 0 spiro atoms. The van der Waals surface area contributed by atoms with E-state index in [0.717, 1.165) is 12.0 Å². The van der Waals surface area contributed by atoms with Gasteiger partial charge in [0.25, 0.3) is 5.91 Å². The lowest BCUT2D eigenvalue weighted by molar-refractivity contribution is 0.0598. The molecule has 1 fully saturated rings. The largest absolute Gasteiger partial charge is 0.455 e. The number of ketones is 1. The van der Waals surface area contributed by atoms with Gasteiger partial charge in [-0.3, -0.25) is 9.59 Å². The van der Waals surface area contributed by atoms with Crippen molar-refractivity contribution in [1.29, 1.82) is 0 Å². The van der Waals surface area contributed by atoms with Crippen molar-refractivity contribution in [3.63, 3.8) is 0 Å². The van der Waals surface area contributed by atoms with E-state index in [9.17, 15) is 14.0 Å². The molecule has 1 unspecified atom stereocenters. The maximum atomic E-state index is 13.7. The van der Waals surface area contributed by atoms with Gasteiger partial charge in [0.15, 0.2) is 11.5 Å². The number of benzene rings is 1. The number of amides is 1. The standard InChI is InChI=1S/C20H21FN2O3/c1-12-18-16(24)6-3-7-17(18)26-19(12)20(25)23-9-8-22-11-15(23)13-4-2-5-14(21)10-13/h2,4-5,10,15,22H,3,6-9,11H2,1H3. The van der Waals surface area contributed by atoms with Gasteiger partial charge in [-0.15, -0.1) is 0 Å². The Labute approximate surface area is 151 Å². The van der Waals surface area contributed by atoms with E-state index in [-0.39, 0.29) is 29.3 Å². The average molecular weight is 356 g/mol. The van der Waals surface area contributed by atoms with E-state index in [4.69, 9.17) is 4.42 Å². The summed E-state index contributed by atoms with van der Waals surface area (Å²) >= 11 is 0. The van der Waals surface area contributed by atoms with E-state index >= 15 is 0 Å². The second-order valence-electron chi connectivity index (χ2n) is 6.90. The molecular weight excluding hydrogens is 335 g/mol. The van der Waals surface area contributed by atoms with Crippen LogP contribution >= 0.6 is 0 Å². The lowest BCUT2D eigenvalue weighted by atomic mass is 9.93. The third kappa shape index (κ3) is 2.84. The van der Waals surface area contributed by atoms with Crippen molar-refractivity contribution in [2.45, 2.75) is 32.2 Å². The summed E-state index contributed by atoms with van der Waals surface area (Å²) < 4.78 is 19.5. The highest BCUT2D eigenvalue weighted by Crippen LogP contribution is 2.32. The zero-order chi connectivity index (χ0) is 18.3. The number of hydrogen-bond acceptors (Lipinski definition) is 4. The maximum absolute atomic E-state index is 13.7. The quantitative estimate of drug-likeness (QED) is 0.898. The molecule has 2 heterocycles. The van der Waals surface area contributed by atoms with Crippen molar-refractivity contribution in [3.8, 4) is 0 Å². The molecule has 4 rings (SSSR count). The summed E-state index contributed by atoms with van der Waals surface area (Å²) in [7, 11) is 0. The van der Waals surface area contributed by atoms with Crippen molar-refractivity contribution in [2.24, 2.45) is 0 Å². The Balaban J connectivity index is 1.69. The number of Topliss-reactive ketones (excluding diaryl/α,β-unsaturated/α-hetero) is 1. The zero-order valence-electron chi connectivity index (χ0n) is 14.7. The summed E-state index contributed by atoms with van der Waals surface area (Å²) in [6.07, 6.45) is 1.94. The molecule has 6 heteroatoms. The molecule has 1 amide bonds. The van der Waals surface area contributed by atoms with Gasteiger partial charge >= 0.3 is 0 Å². The van der Waals surface area contributed by atoms with Gasteiger partial charge in [0, 0.05) is 38.0 Å². The van der Waals surface area contributed by atoms with Crippen LogP contribution in [0.15, 0.2) is 28.7 Å². The number of hydrogen-bond donors (Lipinski definition) is 1. The number of carbonyl (C=O) groups is 2.